The second kappa shape index (κ2) is 10.6. The molecule has 1 aromatic carbocycles. The zero-order valence-electron chi connectivity index (χ0n) is 18.4. The third-order valence-corrected chi connectivity index (χ3v) is 6.15. The van der Waals surface area contributed by atoms with Crippen molar-refractivity contribution in [2.75, 3.05) is 6.61 Å². The largest absolute Gasteiger partial charge is 0.493 e. The van der Waals surface area contributed by atoms with Crippen molar-refractivity contribution in [2.24, 2.45) is 0 Å². The van der Waals surface area contributed by atoms with Crippen molar-refractivity contribution in [3.8, 4) is 16.5 Å². The number of nitrogens with zero attached hydrogens (tertiary/aromatic N) is 1. The van der Waals surface area contributed by atoms with E-state index in [-0.39, 0.29) is 6.10 Å². The first kappa shape index (κ1) is 23.0. The number of rotatable bonds is 11. The molecule has 0 radical (unpaired) electrons. The molecule has 2 heterocycles. The van der Waals surface area contributed by atoms with E-state index in [4.69, 9.17) is 13.9 Å². The summed E-state index contributed by atoms with van der Waals surface area (Å²) < 4.78 is 17.3. The molecule has 0 aliphatic rings. The number of ether oxygens (including phenoxy) is 2. The Hall–Kier alpha value is -2.64. The van der Waals surface area contributed by atoms with Crippen LogP contribution in [0.2, 0.25) is 0 Å². The van der Waals surface area contributed by atoms with E-state index in [1.54, 1.807) is 11.3 Å². The van der Waals surface area contributed by atoms with E-state index in [1.165, 1.54) is 0 Å². The summed E-state index contributed by atoms with van der Waals surface area (Å²) in [5, 5.41) is 11.4. The van der Waals surface area contributed by atoms with E-state index in [0.717, 1.165) is 39.6 Å². The van der Waals surface area contributed by atoms with Crippen LogP contribution in [-0.4, -0.2) is 34.9 Å². The van der Waals surface area contributed by atoms with Crippen molar-refractivity contribution in [2.45, 2.75) is 59.2 Å². The van der Waals surface area contributed by atoms with E-state index in [2.05, 4.69) is 11.1 Å². The van der Waals surface area contributed by atoms with Gasteiger partial charge in [-0.25, -0.2) is 9.78 Å². The second-order valence-corrected chi connectivity index (χ2v) is 8.50. The van der Waals surface area contributed by atoms with Crippen LogP contribution in [0.5, 0.6) is 5.75 Å². The molecule has 0 amide bonds. The number of carboxylic acids is 1. The van der Waals surface area contributed by atoms with Gasteiger partial charge in [-0.05, 0) is 61.9 Å². The smallest absolute Gasteiger partial charge is 0.333 e. The summed E-state index contributed by atoms with van der Waals surface area (Å²) in [6.45, 7) is 8.30. The van der Waals surface area contributed by atoms with Gasteiger partial charge in [0.1, 0.15) is 11.5 Å². The van der Waals surface area contributed by atoms with Crippen molar-refractivity contribution in [1.29, 1.82) is 0 Å². The van der Waals surface area contributed by atoms with Crippen molar-refractivity contribution in [3.05, 3.63) is 58.3 Å². The van der Waals surface area contributed by atoms with Crippen LogP contribution in [0.25, 0.3) is 10.8 Å². The van der Waals surface area contributed by atoms with Crippen LogP contribution in [0.3, 0.4) is 0 Å². The zero-order chi connectivity index (χ0) is 22.4. The summed E-state index contributed by atoms with van der Waals surface area (Å²) in [6, 6.07) is 9.52. The predicted octanol–water partition coefficient (Wildman–Crippen LogP) is 5.45. The number of carbonyl (C=O) groups is 1. The van der Waals surface area contributed by atoms with E-state index in [9.17, 15) is 9.90 Å². The number of hydrogen-bond donors (Lipinski definition) is 1. The number of aliphatic carboxylic acids is 1. The molecule has 0 saturated carbocycles. The van der Waals surface area contributed by atoms with Crippen LogP contribution < -0.4 is 4.74 Å². The van der Waals surface area contributed by atoms with E-state index >= 15 is 0 Å². The lowest BCUT2D eigenvalue weighted by atomic mass is 10.1. The minimum atomic E-state index is -0.944. The third kappa shape index (κ3) is 6.18. The van der Waals surface area contributed by atoms with Gasteiger partial charge in [0.2, 0.25) is 5.89 Å². The fraction of sp³-hybridized carbons (Fsp3) is 0.417. The highest BCUT2D eigenvalue weighted by atomic mass is 32.1. The second-order valence-electron chi connectivity index (χ2n) is 7.58. The fourth-order valence-corrected chi connectivity index (χ4v) is 3.97. The Labute approximate surface area is 186 Å². The van der Waals surface area contributed by atoms with Crippen LogP contribution in [0.4, 0.5) is 0 Å². The molecule has 0 aliphatic heterocycles. The molecule has 6 nitrogen and oxygen atoms in total. The molecule has 3 rings (SSSR count). The molecule has 0 saturated heterocycles. The van der Waals surface area contributed by atoms with Gasteiger partial charge in [-0.15, -0.1) is 11.3 Å². The van der Waals surface area contributed by atoms with Gasteiger partial charge in [-0.3, -0.25) is 0 Å². The number of aryl methyl sites for hydroxylation is 2. The summed E-state index contributed by atoms with van der Waals surface area (Å²) in [4.78, 5) is 17.1. The monoisotopic (exact) mass is 443 g/mol. The number of hydrogen-bond acceptors (Lipinski definition) is 6. The van der Waals surface area contributed by atoms with Gasteiger partial charge in [0.15, 0.2) is 6.10 Å². The molecule has 7 heteroatoms. The lowest BCUT2D eigenvalue weighted by Gasteiger charge is -2.18. The Kier molecular flexibility index (Phi) is 7.87. The Morgan fingerprint density at radius 1 is 1.23 bits per heavy atom. The molecule has 1 N–H and O–H groups in total. The zero-order valence-corrected chi connectivity index (χ0v) is 19.2. The first-order valence-corrected chi connectivity index (χ1v) is 11.4. The van der Waals surface area contributed by atoms with Gasteiger partial charge >= 0.3 is 5.97 Å². The van der Waals surface area contributed by atoms with Gasteiger partial charge in [0.05, 0.1) is 23.3 Å². The molecule has 2 aromatic heterocycles. The fourth-order valence-electron chi connectivity index (χ4n) is 3.12. The van der Waals surface area contributed by atoms with Crippen LogP contribution in [0.15, 0.2) is 40.1 Å². The van der Waals surface area contributed by atoms with Gasteiger partial charge < -0.3 is 19.0 Å². The van der Waals surface area contributed by atoms with E-state index in [0.29, 0.717) is 25.3 Å². The Bertz CT molecular complexity index is 992. The number of carboxylic acid groups (broad SMARTS) is 1. The molecule has 2 atom stereocenters. The van der Waals surface area contributed by atoms with Crippen LogP contribution >= 0.6 is 11.3 Å². The quantitative estimate of drug-likeness (QED) is 0.424. The summed E-state index contributed by atoms with van der Waals surface area (Å²) in [5.74, 6) is 1.26. The maximum Gasteiger partial charge on any atom is 0.333 e. The van der Waals surface area contributed by atoms with Crippen molar-refractivity contribution in [1.82, 2.24) is 4.98 Å². The average Bonchev–Trinajstić information content (AvgIpc) is 3.33. The molecular weight excluding hydrogens is 414 g/mol. The minimum Gasteiger partial charge on any atom is -0.493 e. The van der Waals surface area contributed by atoms with Gasteiger partial charge in [0.25, 0.3) is 0 Å². The molecule has 3 aromatic rings. The molecule has 0 spiro atoms. The summed E-state index contributed by atoms with van der Waals surface area (Å²) >= 11 is 1.62. The minimum absolute atomic E-state index is 0.0899. The average molecular weight is 444 g/mol. The highest BCUT2D eigenvalue weighted by Crippen LogP contribution is 2.30. The number of aromatic nitrogens is 1. The van der Waals surface area contributed by atoms with Crippen molar-refractivity contribution < 1.29 is 23.8 Å². The summed E-state index contributed by atoms with van der Waals surface area (Å²) in [5.41, 5.74) is 2.95. The van der Waals surface area contributed by atoms with E-state index < -0.39 is 12.1 Å². The molecule has 0 aliphatic carbocycles. The predicted molar refractivity (Wildman–Crippen MR) is 121 cm³/mol. The molecular formula is C24H29NO5S. The molecule has 0 bridgehead atoms. The van der Waals surface area contributed by atoms with Crippen molar-refractivity contribution in [3.63, 3.8) is 0 Å². The topological polar surface area (TPSA) is 81.8 Å². The molecule has 31 heavy (non-hydrogen) atoms. The number of benzene rings is 1. The van der Waals surface area contributed by atoms with Gasteiger partial charge in [0, 0.05) is 12.8 Å². The Morgan fingerprint density at radius 2 is 1.97 bits per heavy atom. The highest BCUT2D eigenvalue weighted by molar-refractivity contribution is 7.13. The van der Waals surface area contributed by atoms with Crippen molar-refractivity contribution >= 4 is 17.3 Å². The van der Waals surface area contributed by atoms with Gasteiger partial charge in [-0.1, -0.05) is 19.1 Å². The van der Waals surface area contributed by atoms with E-state index in [1.807, 2.05) is 57.3 Å². The number of oxazole rings is 1. The summed E-state index contributed by atoms with van der Waals surface area (Å²) in [6.07, 6.45) is 0.801. The first-order chi connectivity index (χ1) is 14.9. The van der Waals surface area contributed by atoms with Crippen LogP contribution in [0.1, 0.15) is 42.8 Å². The Morgan fingerprint density at radius 3 is 2.58 bits per heavy atom. The lowest BCUT2D eigenvalue weighted by Crippen LogP contribution is -2.30. The maximum absolute atomic E-state index is 11.5. The summed E-state index contributed by atoms with van der Waals surface area (Å²) in [7, 11) is 0. The third-order valence-electron chi connectivity index (χ3n) is 5.15. The molecule has 166 valence electrons. The first-order valence-electron chi connectivity index (χ1n) is 10.5. The maximum atomic E-state index is 11.5. The lowest BCUT2D eigenvalue weighted by molar-refractivity contribution is -0.153. The standard InChI is InChI=1S/C24H29NO5S/c1-5-16(3)29-21(24(26)27)14-18-6-8-19(9-7-18)28-12-10-20-17(4)30-23(25-20)22-15(2)11-13-31-22/h6-9,11,13,16,21H,5,10,12,14H2,1-4H3,(H,26,27). The number of thiophene rings is 1. The Balaban J connectivity index is 1.53. The van der Waals surface area contributed by atoms with Gasteiger partial charge in [-0.2, -0.15) is 0 Å². The molecule has 2 unspecified atom stereocenters. The molecule has 0 fully saturated rings. The normalized spacial score (nSPS) is 13.2. The van der Waals surface area contributed by atoms with Crippen LogP contribution in [-0.2, 0) is 22.4 Å². The van der Waals surface area contributed by atoms with Crippen LogP contribution in [0, 0.1) is 13.8 Å². The highest BCUT2D eigenvalue weighted by Gasteiger charge is 2.21. The SMILES string of the molecule is CCC(C)OC(Cc1ccc(OCCc2nc(-c3sccc3C)oc2C)cc1)C(=O)O.